The van der Waals surface area contributed by atoms with Crippen LogP contribution in [0.4, 0.5) is 0 Å². The molecule has 0 aromatic rings. The second kappa shape index (κ2) is 17.0. The molecule has 0 atom stereocenters. The quantitative estimate of drug-likeness (QED) is 0.224. The highest BCUT2D eigenvalue weighted by Gasteiger charge is 1.95. The van der Waals surface area contributed by atoms with Gasteiger partial charge in [-0.15, -0.1) is 0 Å². The van der Waals surface area contributed by atoms with E-state index in [0.717, 1.165) is 12.8 Å². The molecule has 0 amide bonds. The van der Waals surface area contributed by atoms with E-state index >= 15 is 0 Å². The number of unbranched alkanes of at least 4 members (excludes halogenated alkanes) is 8. The van der Waals surface area contributed by atoms with Crippen LogP contribution < -0.4 is 0 Å². The van der Waals surface area contributed by atoms with Gasteiger partial charge >= 0.3 is 5.97 Å². The third-order valence-electron chi connectivity index (χ3n) is 3.57. The molecule has 2 nitrogen and oxygen atoms in total. The molecule has 0 saturated heterocycles. The Bertz CT molecular complexity index is 279. The molecule has 0 spiro atoms. The summed E-state index contributed by atoms with van der Waals surface area (Å²) in [6.45, 7) is 2.26. The maximum absolute atomic E-state index is 10.9. The smallest absolute Gasteiger partial charge is 0.305 e. The van der Waals surface area contributed by atoms with E-state index < -0.39 is 0 Å². The van der Waals surface area contributed by atoms with Crippen molar-refractivity contribution in [3.05, 3.63) is 24.3 Å². The molecule has 0 rings (SSSR count). The molecule has 0 aliphatic carbocycles. The van der Waals surface area contributed by atoms with Crippen molar-refractivity contribution in [3.8, 4) is 0 Å². The predicted octanol–water partition coefficient (Wildman–Crippen LogP) is 5.97. The average Bonchev–Trinajstić information content (AvgIpc) is 2.50. The molecule has 0 heterocycles. The van der Waals surface area contributed by atoms with Crippen molar-refractivity contribution >= 4 is 5.97 Å². The number of rotatable bonds is 14. The monoisotopic (exact) mass is 294 g/mol. The fraction of sp³-hybridized carbons (Fsp3) is 0.737. The SMILES string of the molecule is CCCCCCCCCC/C=C/C/C=C/CCC(=O)OC. The van der Waals surface area contributed by atoms with Crippen LogP contribution >= 0.6 is 0 Å². The maximum atomic E-state index is 10.9. The summed E-state index contributed by atoms with van der Waals surface area (Å²) < 4.78 is 4.58. The molecule has 0 unspecified atom stereocenters. The lowest BCUT2D eigenvalue weighted by Gasteiger charge is -1.99. The van der Waals surface area contributed by atoms with Gasteiger partial charge in [0.2, 0.25) is 0 Å². The Morgan fingerprint density at radius 2 is 1.38 bits per heavy atom. The number of carbonyl (C=O) groups is 1. The summed E-state index contributed by atoms with van der Waals surface area (Å²) in [6, 6.07) is 0. The standard InChI is InChI=1S/C19H34O2/c1-3-4-5-6-7-8-9-10-11-12-13-14-15-16-17-18-19(20)21-2/h12-13,15-16H,3-11,14,17-18H2,1-2H3/b13-12+,16-15+. The fourth-order valence-corrected chi connectivity index (χ4v) is 2.21. The van der Waals surface area contributed by atoms with Gasteiger partial charge in [-0.05, 0) is 25.7 Å². The van der Waals surface area contributed by atoms with Crippen molar-refractivity contribution in [1.29, 1.82) is 0 Å². The number of esters is 1. The minimum absolute atomic E-state index is 0.134. The molecule has 0 aliphatic rings. The van der Waals surface area contributed by atoms with Crippen molar-refractivity contribution in [2.45, 2.75) is 84.0 Å². The third-order valence-corrected chi connectivity index (χ3v) is 3.57. The Hall–Kier alpha value is -1.05. The minimum atomic E-state index is -0.134. The molecule has 0 saturated carbocycles. The lowest BCUT2D eigenvalue weighted by atomic mass is 10.1. The highest BCUT2D eigenvalue weighted by atomic mass is 16.5. The normalized spacial score (nSPS) is 11.5. The lowest BCUT2D eigenvalue weighted by molar-refractivity contribution is -0.140. The van der Waals surface area contributed by atoms with Gasteiger partial charge < -0.3 is 4.74 Å². The molecular weight excluding hydrogens is 260 g/mol. The van der Waals surface area contributed by atoms with Crippen LogP contribution in [0.2, 0.25) is 0 Å². The van der Waals surface area contributed by atoms with Crippen LogP contribution in [0.5, 0.6) is 0 Å². The van der Waals surface area contributed by atoms with Crippen molar-refractivity contribution < 1.29 is 9.53 Å². The van der Waals surface area contributed by atoms with Gasteiger partial charge in [0.15, 0.2) is 0 Å². The van der Waals surface area contributed by atoms with Crippen LogP contribution in [-0.4, -0.2) is 13.1 Å². The molecule has 0 N–H and O–H groups in total. The van der Waals surface area contributed by atoms with E-state index in [1.54, 1.807) is 0 Å². The Labute approximate surface area is 131 Å². The van der Waals surface area contributed by atoms with Crippen molar-refractivity contribution in [1.82, 2.24) is 0 Å². The lowest BCUT2D eigenvalue weighted by Crippen LogP contribution is -1.97. The van der Waals surface area contributed by atoms with E-state index in [2.05, 4.69) is 36.0 Å². The average molecular weight is 294 g/mol. The van der Waals surface area contributed by atoms with Gasteiger partial charge in [0, 0.05) is 6.42 Å². The van der Waals surface area contributed by atoms with Gasteiger partial charge in [-0.1, -0.05) is 76.2 Å². The molecule has 2 heteroatoms. The maximum Gasteiger partial charge on any atom is 0.305 e. The minimum Gasteiger partial charge on any atom is -0.469 e. The predicted molar refractivity (Wildman–Crippen MR) is 91.4 cm³/mol. The largest absolute Gasteiger partial charge is 0.469 e. The van der Waals surface area contributed by atoms with E-state index in [-0.39, 0.29) is 5.97 Å². The third kappa shape index (κ3) is 16.9. The molecular formula is C19H34O2. The van der Waals surface area contributed by atoms with Gasteiger partial charge in [-0.2, -0.15) is 0 Å². The van der Waals surface area contributed by atoms with E-state index in [1.807, 2.05) is 0 Å². The Balaban J connectivity index is 3.22. The van der Waals surface area contributed by atoms with Crippen molar-refractivity contribution in [2.24, 2.45) is 0 Å². The summed E-state index contributed by atoms with van der Waals surface area (Å²) in [6.07, 6.45) is 23.1. The number of ether oxygens (including phenoxy) is 1. The first-order chi connectivity index (χ1) is 10.3. The van der Waals surface area contributed by atoms with Crippen LogP contribution in [-0.2, 0) is 9.53 Å². The Morgan fingerprint density at radius 1 is 0.810 bits per heavy atom. The second-order valence-corrected chi connectivity index (χ2v) is 5.56. The zero-order valence-electron chi connectivity index (χ0n) is 14.1. The van der Waals surface area contributed by atoms with Gasteiger partial charge in [0.25, 0.3) is 0 Å². The first-order valence-electron chi connectivity index (χ1n) is 8.68. The van der Waals surface area contributed by atoms with Crippen molar-refractivity contribution in [3.63, 3.8) is 0 Å². The number of methoxy groups -OCH3 is 1. The molecule has 0 fully saturated rings. The molecule has 0 radical (unpaired) electrons. The fourth-order valence-electron chi connectivity index (χ4n) is 2.21. The van der Waals surface area contributed by atoms with Gasteiger partial charge in [0.1, 0.15) is 0 Å². The molecule has 0 aliphatic heterocycles. The summed E-state index contributed by atoms with van der Waals surface area (Å²) in [5.74, 6) is -0.134. The van der Waals surface area contributed by atoms with Crippen LogP contribution in [0.3, 0.4) is 0 Å². The van der Waals surface area contributed by atoms with Crippen LogP contribution in [0.15, 0.2) is 24.3 Å². The summed E-state index contributed by atoms with van der Waals surface area (Å²) in [5.41, 5.74) is 0. The highest BCUT2D eigenvalue weighted by Crippen LogP contribution is 2.09. The van der Waals surface area contributed by atoms with E-state index in [0.29, 0.717) is 6.42 Å². The Kier molecular flexibility index (Phi) is 16.2. The molecule has 0 aromatic heterocycles. The summed E-state index contributed by atoms with van der Waals surface area (Å²) in [5, 5.41) is 0. The summed E-state index contributed by atoms with van der Waals surface area (Å²) in [4.78, 5) is 10.9. The van der Waals surface area contributed by atoms with E-state index in [9.17, 15) is 4.79 Å². The zero-order chi connectivity index (χ0) is 15.6. The number of allylic oxidation sites excluding steroid dienone is 4. The molecule has 0 aromatic carbocycles. The van der Waals surface area contributed by atoms with Crippen LogP contribution in [0, 0.1) is 0 Å². The zero-order valence-corrected chi connectivity index (χ0v) is 14.1. The van der Waals surface area contributed by atoms with Crippen molar-refractivity contribution in [2.75, 3.05) is 7.11 Å². The van der Waals surface area contributed by atoms with Gasteiger partial charge in [-0.3, -0.25) is 4.79 Å². The summed E-state index contributed by atoms with van der Waals surface area (Å²) >= 11 is 0. The second-order valence-electron chi connectivity index (χ2n) is 5.56. The van der Waals surface area contributed by atoms with Crippen LogP contribution in [0.25, 0.3) is 0 Å². The van der Waals surface area contributed by atoms with E-state index in [1.165, 1.54) is 64.9 Å². The van der Waals surface area contributed by atoms with E-state index in [4.69, 9.17) is 0 Å². The van der Waals surface area contributed by atoms with Gasteiger partial charge in [0.05, 0.1) is 7.11 Å². The number of carbonyl (C=O) groups excluding carboxylic acids is 1. The molecule has 0 bridgehead atoms. The molecule has 21 heavy (non-hydrogen) atoms. The molecule has 122 valence electrons. The Morgan fingerprint density at radius 3 is 2.00 bits per heavy atom. The number of hydrogen-bond donors (Lipinski definition) is 0. The first kappa shape index (κ1) is 19.9. The summed E-state index contributed by atoms with van der Waals surface area (Å²) in [7, 11) is 1.43. The van der Waals surface area contributed by atoms with Crippen LogP contribution in [0.1, 0.15) is 84.0 Å². The number of hydrogen-bond acceptors (Lipinski definition) is 2. The first-order valence-corrected chi connectivity index (χ1v) is 8.68. The van der Waals surface area contributed by atoms with Gasteiger partial charge in [-0.25, -0.2) is 0 Å². The topological polar surface area (TPSA) is 26.3 Å². The highest BCUT2D eigenvalue weighted by molar-refractivity contribution is 5.69.